The first kappa shape index (κ1) is 14.0. The Labute approximate surface area is 130 Å². The predicted octanol–water partition coefficient (Wildman–Crippen LogP) is 3.24. The third-order valence-corrected chi connectivity index (χ3v) is 5.58. The van der Waals surface area contributed by atoms with Crippen LogP contribution >= 0.6 is 0 Å². The van der Waals surface area contributed by atoms with E-state index < -0.39 is 0 Å². The molecule has 4 heteroatoms. The standard InChI is InChI=1S/C18H22FNO2/c19-15-6-1-2-7-16(15)22-12-8-10-20(11-9-12)18(21)17-13-4-3-5-14(13)17/h1-2,6-7,12-14,17H,3-5,8-11H2. The molecule has 2 atom stereocenters. The summed E-state index contributed by atoms with van der Waals surface area (Å²) in [4.78, 5) is 14.5. The molecule has 1 saturated heterocycles. The fourth-order valence-corrected chi connectivity index (χ4v) is 4.31. The van der Waals surface area contributed by atoms with E-state index in [4.69, 9.17) is 4.74 Å². The molecule has 1 aromatic carbocycles. The van der Waals surface area contributed by atoms with Crippen LogP contribution in [-0.4, -0.2) is 30.0 Å². The van der Waals surface area contributed by atoms with Gasteiger partial charge >= 0.3 is 0 Å². The van der Waals surface area contributed by atoms with Gasteiger partial charge < -0.3 is 9.64 Å². The molecule has 22 heavy (non-hydrogen) atoms. The Balaban J connectivity index is 1.29. The molecule has 0 bridgehead atoms. The number of piperidine rings is 1. The number of ether oxygens (including phenoxy) is 1. The van der Waals surface area contributed by atoms with Crippen LogP contribution in [0.2, 0.25) is 0 Å². The Morgan fingerprint density at radius 1 is 1.09 bits per heavy atom. The molecule has 1 amide bonds. The maximum absolute atomic E-state index is 13.6. The molecule has 2 saturated carbocycles. The first-order chi connectivity index (χ1) is 10.7. The maximum atomic E-state index is 13.6. The Kier molecular flexibility index (Phi) is 3.55. The smallest absolute Gasteiger partial charge is 0.226 e. The molecule has 1 aromatic rings. The average Bonchev–Trinajstić information content (AvgIpc) is 3.01. The second kappa shape index (κ2) is 5.56. The second-order valence-electron chi connectivity index (χ2n) is 6.86. The van der Waals surface area contributed by atoms with Crippen LogP contribution < -0.4 is 4.74 Å². The van der Waals surface area contributed by atoms with Crippen molar-refractivity contribution in [3.05, 3.63) is 30.1 Å². The first-order valence-corrected chi connectivity index (χ1v) is 8.44. The number of likely N-dealkylation sites (tertiary alicyclic amines) is 1. The molecule has 0 spiro atoms. The molecule has 1 heterocycles. The molecule has 0 N–H and O–H groups in total. The van der Waals surface area contributed by atoms with Gasteiger partial charge in [-0.1, -0.05) is 18.6 Å². The van der Waals surface area contributed by atoms with Gasteiger partial charge in [0.05, 0.1) is 0 Å². The van der Waals surface area contributed by atoms with Gasteiger partial charge in [-0.25, -0.2) is 4.39 Å². The highest BCUT2D eigenvalue weighted by Crippen LogP contribution is 2.58. The fourth-order valence-electron chi connectivity index (χ4n) is 4.31. The summed E-state index contributed by atoms with van der Waals surface area (Å²) in [6.45, 7) is 1.49. The minimum Gasteiger partial charge on any atom is -0.487 e. The number of rotatable bonds is 3. The highest BCUT2D eigenvalue weighted by atomic mass is 19.1. The van der Waals surface area contributed by atoms with Gasteiger partial charge in [-0.15, -0.1) is 0 Å². The Bertz CT molecular complexity index is 558. The van der Waals surface area contributed by atoms with Crippen molar-refractivity contribution in [2.24, 2.45) is 17.8 Å². The summed E-state index contributed by atoms with van der Waals surface area (Å²) in [6.07, 6.45) is 5.39. The SMILES string of the molecule is O=C(C1C2CCCC21)N1CCC(Oc2ccccc2F)CC1. The van der Waals surface area contributed by atoms with Crippen molar-refractivity contribution in [1.82, 2.24) is 4.90 Å². The minimum absolute atomic E-state index is 0.0136. The lowest BCUT2D eigenvalue weighted by Crippen LogP contribution is -2.43. The topological polar surface area (TPSA) is 29.5 Å². The van der Waals surface area contributed by atoms with Crippen LogP contribution in [0, 0.1) is 23.6 Å². The van der Waals surface area contributed by atoms with Crippen molar-refractivity contribution < 1.29 is 13.9 Å². The van der Waals surface area contributed by atoms with Crippen LogP contribution in [0.25, 0.3) is 0 Å². The highest BCUT2D eigenvalue weighted by molar-refractivity contribution is 5.82. The third kappa shape index (κ3) is 2.49. The van der Waals surface area contributed by atoms with Crippen LogP contribution in [0.3, 0.4) is 0 Å². The van der Waals surface area contributed by atoms with Gasteiger partial charge in [-0.05, 0) is 36.8 Å². The van der Waals surface area contributed by atoms with E-state index >= 15 is 0 Å². The van der Waals surface area contributed by atoms with Gasteiger partial charge in [0, 0.05) is 31.8 Å². The molecule has 0 aromatic heterocycles. The van der Waals surface area contributed by atoms with E-state index in [2.05, 4.69) is 0 Å². The molecular weight excluding hydrogens is 281 g/mol. The molecule has 0 radical (unpaired) electrons. The van der Waals surface area contributed by atoms with E-state index in [1.807, 2.05) is 4.90 Å². The Morgan fingerprint density at radius 3 is 2.45 bits per heavy atom. The lowest BCUT2D eigenvalue weighted by molar-refractivity contribution is -0.135. The first-order valence-electron chi connectivity index (χ1n) is 8.44. The molecular formula is C18H22FNO2. The van der Waals surface area contributed by atoms with E-state index in [-0.39, 0.29) is 11.9 Å². The fraction of sp³-hybridized carbons (Fsp3) is 0.611. The Morgan fingerprint density at radius 2 is 1.77 bits per heavy atom. The zero-order chi connectivity index (χ0) is 15.1. The van der Waals surface area contributed by atoms with Gasteiger partial charge in [0.1, 0.15) is 6.10 Å². The van der Waals surface area contributed by atoms with Crippen LogP contribution in [0.1, 0.15) is 32.1 Å². The zero-order valence-electron chi connectivity index (χ0n) is 12.7. The average molecular weight is 303 g/mol. The molecule has 2 unspecified atom stereocenters. The van der Waals surface area contributed by atoms with Crippen LogP contribution in [0.15, 0.2) is 24.3 Å². The maximum Gasteiger partial charge on any atom is 0.226 e. The van der Waals surface area contributed by atoms with Crippen molar-refractivity contribution in [3.63, 3.8) is 0 Å². The van der Waals surface area contributed by atoms with E-state index in [1.165, 1.54) is 25.3 Å². The number of nitrogens with zero attached hydrogens (tertiary/aromatic N) is 1. The number of hydrogen-bond donors (Lipinski definition) is 0. The van der Waals surface area contributed by atoms with Gasteiger partial charge in [0.15, 0.2) is 11.6 Å². The number of benzene rings is 1. The van der Waals surface area contributed by atoms with Gasteiger partial charge in [-0.3, -0.25) is 4.79 Å². The minimum atomic E-state index is -0.313. The number of hydrogen-bond acceptors (Lipinski definition) is 2. The third-order valence-electron chi connectivity index (χ3n) is 5.58. The molecule has 3 aliphatic rings. The Hall–Kier alpha value is -1.58. The molecule has 3 fully saturated rings. The highest BCUT2D eigenvalue weighted by Gasteiger charge is 2.57. The van der Waals surface area contributed by atoms with Crippen LogP contribution in [-0.2, 0) is 4.79 Å². The molecule has 118 valence electrons. The number of carbonyl (C=O) groups is 1. The van der Waals surface area contributed by atoms with E-state index in [0.717, 1.165) is 25.9 Å². The van der Waals surface area contributed by atoms with Gasteiger partial charge in [-0.2, -0.15) is 0 Å². The normalized spacial score (nSPS) is 31.0. The summed E-state index contributed by atoms with van der Waals surface area (Å²) < 4.78 is 19.4. The zero-order valence-corrected chi connectivity index (χ0v) is 12.7. The van der Waals surface area contributed by atoms with Gasteiger partial charge in [0.25, 0.3) is 0 Å². The number of carbonyl (C=O) groups excluding carboxylic acids is 1. The quantitative estimate of drug-likeness (QED) is 0.858. The molecule has 2 aliphatic carbocycles. The number of para-hydroxylation sites is 1. The molecule has 1 aliphatic heterocycles. The largest absolute Gasteiger partial charge is 0.487 e. The number of halogens is 1. The van der Waals surface area contributed by atoms with Crippen molar-refractivity contribution >= 4 is 5.91 Å². The van der Waals surface area contributed by atoms with Crippen molar-refractivity contribution in [2.45, 2.75) is 38.2 Å². The van der Waals surface area contributed by atoms with Gasteiger partial charge in [0.2, 0.25) is 5.91 Å². The van der Waals surface area contributed by atoms with E-state index in [1.54, 1.807) is 18.2 Å². The van der Waals surface area contributed by atoms with Crippen molar-refractivity contribution in [2.75, 3.05) is 13.1 Å². The number of amides is 1. The summed E-state index contributed by atoms with van der Waals surface area (Å²) in [5, 5.41) is 0. The lowest BCUT2D eigenvalue weighted by atomic mass is 10.1. The summed E-state index contributed by atoms with van der Waals surface area (Å²) >= 11 is 0. The van der Waals surface area contributed by atoms with Crippen LogP contribution in [0.5, 0.6) is 5.75 Å². The van der Waals surface area contributed by atoms with Crippen molar-refractivity contribution in [1.29, 1.82) is 0 Å². The monoisotopic (exact) mass is 303 g/mol. The lowest BCUT2D eigenvalue weighted by Gasteiger charge is -2.32. The van der Waals surface area contributed by atoms with E-state index in [0.29, 0.717) is 29.4 Å². The van der Waals surface area contributed by atoms with E-state index in [9.17, 15) is 9.18 Å². The second-order valence-corrected chi connectivity index (χ2v) is 6.86. The number of fused-ring (bicyclic) bond motifs is 1. The summed E-state index contributed by atoms with van der Waals surface area (Å²) in [6, 6.07) is 6.52. The van der Waals surface area contributed by atoms with Crippen LogP contribution in [0.4, 0.5) is 4.39 Å². The molecule has 3 nitrogen and oxygen atoms in total. The van der Waals surface area contributed by atoms with Crippen molar-refractivity contribution in [3.8, 4) is 5.75 Å². The summed E-state index contributed by atoms with van der Waals surface area (Å²) in [5.41, 5.74) is 0. The summed E-state index contributed by atoms with van der Waals surface area (Å²) in [7, 11) is 0. The predicted molar refractivity (Wildman–Crippen MR) is 81.0 cm³/mol. The summed E-state index contributed by atoms with van der Waals surface area (Å²) in [5.74, 6) is 2.05. The molecule has 4 rings (SSSR count).